The number of oxazole rings is 1. The second-order valence-corrected chi connectivity index (χ2v) is 9.49. The second-order valence-electron chi connectivity index (χ2n) is 8.03. The smallest absolute Gasteiger partial charge is 0.233 e. The van der Waals surface area contributed by atoms with Crippen LogP contribution in [0.5, 0.6) is 11.5 Å². The molecule has 1 amide bonds. The summed E-state index contributed by atoms with van der Waals surface area (Å²) >= 11 is 0. The molecule has 33 heavy (non-hydrogen) atoms. The summed E-state index contributed by atoms with van der Waals surface area (Å²) in [6, 6.07) is 13.5. The van der Waals surface area contributed by atoms with Gasteiger partial charge < -0.3 is 19.2 Å². The number of fused-ring (bicyclic) bond motifs is 1. The topological polar surface area (TPSA) is 90.7 Å². The van der Waals surface area contributed by atoms with Crippen molar-refractivity contribution < 1.29 is 22.9 Å². The standard InChI is InChI=1S/C25H28N2O5S/c1-16-21(27-25(32-16)18-11-12-22(30-2)23(13-18)31-3)14-33(29)15-24(28)26-20-10-6-8-17-7-4-5-9-19(17)20/h4-5,7,9,11-13,20H,6,8,10,14-15H2,1-3H3,(H,26,28)/t20-,33+/m0/s1. The van der Waals surface area contributed by atoms with Gasteiger partial charge in [0.05, 0.1) is 31.7 Å². The summed E-state index contributed by atoms with van der Waals surface area (Å²) in [7, 11) is 1.73. The number of benzene rings is 2. The number of ether oxygens (including phenoxy) is 2. The number of carbonyl (C=O) groups is 1. The zero-order valence-electron chi connectivity index (χ0n) is 19.1. The summed E-state index contributed by atoms with van der Waals surface area (Å²) in [4.78, 5) is 17.1. The number of nitrogens with zero attached hydrogens (tertiary/aromatic N) is 1. The quantitative estimate of drug-likeness (QED) is 0.535. The highest BCUT2D eigenvalue weighted by molar-refractivity contribution is 7.84. The van der Waals surface area contributed by atoms with Crippen molar-refractivity contribution in [3.8, 4) is 23.0 Å². The van der Waals surface area contributed by atoms with Crippen molar-refractivity contribution in [1.82, 2.24) is 10.3 Å². The van der Waals surface area contributed by atoms with Gasteiger partial charge in [0.15, 0.2) is 11.5 Å². The molecular weight excluding hydrogens is 440 g/mol. The molecule has 0 unspecified atom stereocenters. The molecule has 1 aliphatic rings. The maximum absolute atomic E-state index is 12.7. The Hall–Kier alpha value is -3.13. The van der Waals surface area contributed by atoms with E-state index in [4.69, 9.17) is 13.9 Å². The fourth-order valence-electron chi connectivity index (χ4n) is 4.14. The lowest BCUT2D eigenvalue weighted by Gasteiger charge is -2.26. The van der Waals surface area contributed by atoms with Crippen molar-refractivity contribution in [2.75, 3.05) is 20.0 Å². The normalized spacial score (nSPS) is 16.0. The number of aromatic nitrogens is 1. The van der Waals surface area contributed by atoms with Gasteiger partial charge in [0.2, 0.25) is 11.8 Å². The number of methoxy groups -OCH3 is 2. The average Bonchev–Trinajstić information content (AvgIpc) is 3.18. The Morgan fingerprint density at radius 1 is 1.18 bits per heavy atom. The van der Waals surface area contributed by atoms with E-state index in [1.54, 1.807) is 33.3 Å². The third-order valence-corrected chi connectivity index (χ3v) is 7.00. The molecule has 0 saturated carbocycles. The van der Waals surface area contributed by atoms with Crippen LogP contribution in [0.4, 0.5) is 0 Å². The van der Waals surface area contributed by atoms with Gasteiger partial charge in [-0.25, -0.2) is 4.98 Å². The number of hydrogen-bond acceptors (Lipinski definition) is 6. The molecule has 3 aromatic rings. The molecular formula is C25H28N2O5S. The van der Waals surface area contributed by atoms with Gasteiger partial charge in [-0.3, -0.25) is 9.00 Å². The molecule has 1 aliphatic carbocycles. The van der Waals surface area contributed by atoms with E-state index in [-0.39, 0.29) is 23.5 Å². The molecule has 0 aliphatic heterocycles. The Morgan fingerprint density at radius 2 is 1.97 bits per heavy atom. The largest absolute Gasteiger partial charge is 0.493 e. The predicted molar refractivity (Wildman–Crippen MR) is 127 cm³/mol. The van der Waals surface area contributed by atoms with E-state index < -0.39 is 10.8 Å². The molecule has 0 radical (unpaired) electrons. The summed E-state index contributed by atoms with van der Waals surface area (Å²) in [5.41, 5.74) is 3.74. The Labute approximate surface area is 196 Å². The summed E-state index contributed by atoms with van der Waals surface area (Å²) in [5, 5.41) is 3.06. The second kappa shape index (κ2) is 10.2. The Bertz CT molecular complexity index is 1170. The third-order valence-electron chi connectivity index (χ3n) is 5.82. The maximum atomic E-state index is 12.7. The minimum Gasteiger partial charge on any atom is -0.493 e. The molecule has 8 heteroatoms. The summed E-state index contributed by atoms with van der Waals surface area (Å²) in [5.74, 6) is 2.03. The van der Waals surface area contributed by atoms with Gasteiger partial charge in [0, 0.05) is 16.4 Å². The van der Waals surface area contributed by atoms with E-state index in [2.05, 4.69) is 22.4 Å². The van der Waals surface area contributed by atoms with Crippen molar-refractivity contribution in [2.45, 2.75) is 38.0 Å². The fourth-order valence-corrected chi connectivity index (χ4v) is 5.19. The van der Waals surface area contributed by atoms with Gasteiger partial charge in [-0.15, -0.1) is 0 Å². The highest BCUT2D eigenvalue weighted by Crippen LogP contribution is 2.33. The first-order valence-electron chi connectivity index (χ1n) is 10.9. The fraction of sp³-hybridized carbons (Fsp3) is 0.360. The maximum Gasteiger partial charge on any atom is 0.233 e. The van der Waals surface area contributed by atoms with Gasteiger partial charge in [-0.05, 0) is 55.5 Å². The first kappa shape index (κ1) is 23.0. The van der Waals surface area contributed by atoms with E-state index in [0.717, 1.165) is 30.4 Å². The van der Waals surface area contributed by atoms with Crippen molar-refractivity contribution >= 4 is 16.7 Å². The van der Waals surface area contributed by atoms with Crippen LogP contribution in [0.15, 0.2) is 46.9 Å². The summed E-state index contributed by atoms with van der Waals surface area (Å²) in [6.07, 6.45) is 2.96. The molecule has 0 spiro atoms. The highest BCUT2D eigenvalue weighted by Gasteiger charge is 2.23. The zero-order valence-corrected chi connectivity index (χ0v) is 19.9. The van der Waals surface area contributed by atoms with Crippen LogP contribution in [0.3, 0.4) is 0 Å². The lowest BCUT2D eigenvalue weighted by Crippen LogP contribution is -2.34. The van der Waals surface area contributed by atoms with Gasteiger partial charge in [-0.2, -0.15) is 0 Å². The van der Waals surface area contributed by atoms with Crippen LogP contribution in [-0.2, 0) is 27.8 Å². The van der Waals surface area contributed by atoms with E-state index in [1.165, 1.54) is 5.56 Å². The zero-order chi connectivity index (χ0) is 23.4. The average molecular weight is 469 g/mol. The van der Waals surface area contributed by atoms with Gasteiger partial charge in [0.25, 0.3) is 0 Å². The minimum atomic E-state index is -1.41. The number of amides is 1. The number of carbonyl (C=O) groups excluding carboxylic acids is 1. The van der Waals surface area contributed by atoms with E-state index in [0.29, 0.717) is 28.8 Å². The SMILES string of the molecule is COc1ccc(-c2nc(C[S@@](=O)CC(=O)N[C@H]3CCCc4ccccc43)c(C)o2)cc1OC. The first-order chi connectivity index (χ1) is 16.0. The number of aryl methyl sites for hydroxylation is 2. The number of nitrogens with one attached hydrogen (secondary N) is 1. The van der Waals surface area contributed by atoms with Crippen molar-refractivity contribution in [3.63, 3.8) is 0 Å². The van der Waals surface area contributed by atoms with Gasteiger partial charge >= 0.3 is 0 Å². The Morgan fingerprint density at radius 3 is 2.76 bits per heavy atom. The third kappa shape index (κ3) is 5.27. The van der Waals surface area contributed by atoms with Crippen LogP contribution < -0.4 is 14.8 Å². The van der Waals surface area contributed by atoms with Crippen LogP contribution in [-0.4, -0.2) is 35.1 Å². The molecule has 1 aromatic heterocycles. The molecule has 4 rings (SSSR count). The van der Waals surface area contributed by atoms with E-state index in [1.807, 2.05) is 18.2 Å². The molecule has 2 atom stereocenters. The molecule has 7 nitrogen and oxygen atoms in total. The number of hydrogen-bond donors (Lipinski definition) is 1. The molecule has 174 valence electrons. The van der Waals surface area contributed by atoms with Crippen LogP contribution in [0.25, 0.3) is 11.5 Å². The van der Waals surface area contributed by atoms with Crippen LogP contribution in [0.1, 0.15) is 41.5 Å². The summed E-state index contributed by atoms with van der Waals surface area (Å²) < 4.78 is 29.1. The Balaban J connectivity index is 1.39. The Kier molecular flexibility index (Phi) is 7.13. The highest BCUT2D eigenvalue weighted by atomic mass is 32.2. The monoisotopic (exact) mass is 468 g/mol. The number of rotatable bonds is 8. The van der Waals surface area contributed by atoms with Crippen LogP contribution in [0.2, 0.25) is 0 Å². The first-order valence-corrected chi connectivity index (χ1v) is 12.4. The molecule has 1 heterocycles. The van der Waals surface area contributed by atoms with Gasteiger partial charge in [0.1, 0.15) is 11.5 Å². The van der Waals surface area contributed by atoms with E-state index >= 15 is 0 Å². The minimum absolute atomic E-state index is 0.0232. The van der Waals surface area contributed by atoms with Crippen LogP contribution >= 0.6 is 0 Å². The molecule has 0 bridgehead atoms. The predicted octanol–water partition coefficient (Wildman–Crippen LogP) is 4.11. The van der Waals surface area contributed by atoms with Gasteiger partial charge in [-0.1, -0.05) is 24.3 Å². The summed E-state index contributed by atoms with van der Waals surface area (Å²) in [6.45, 7) is 1.78. The van der Waals surface area contributed by atoms with E-state index in [9.17, 15) is 9.00 Å². The molecule has 1 N–H and O–H groups in total. The van der Waals surface area contributed by atoms with Crippen LogP contribution in [0, 0.1) is 6.92 Å². The molecule has 0 saturated heterocycles. The van der Waals surface area contributed by atoms with Crippen molar-refractivity contribution in [2.24, 2.45) is 0 Å². The lowest BCUT2D eigenvalue weighted by molar-refractivity contribution is -0.119. The molecule has 0 fully saturated rings. The van der Waals surface area contributed by atoms with Crippen molar-refractivity contribution in [3.05, 3.63) is 65.0 Å². The molecule has 2 aromatic carbocycles. The lowest BCUT2D eigenvalue weighted by atomic mass is 9.88. The van der Waals surface area contributed by atoms with Crippen molar-refractivity contribution in [1.29, 1.82) is 0 Å².